The summed E-state index contributed by atoms with van der Waals surface area (Å²) in [5.74, 6) is -0.622. The van der Waals surface area contributed by atoms with Crippen LogP contribution in [0.1, 0.15) is 11.3 Å². The van der Waals surface area contributed by atoms with Gasteiger partial charge in [0, 0.05) is 11.9 Å². The second-order valence-electron chi connectivity index (χ2n) is 3.34. The zero-order chi connectivity index (χ0) is 12.3. The molecule has 0 saturated heterocycles. The van der Waals surface area contributed by atoms with Gasteiger partial charge in [0.2, 0.25) is 0 Å². The van der Waals surface area contributed by atoms with Gasteiger partial charge in [0.15, 0.2) is 11.6 Å². The van der Waals surface area contributed by atoms with Crippen LogP contribution in [0, 0.1) is 24.1 Å². The van der Waals surface area contributed by atoms with Crippen molar-refractivity contribution < 1.29 is 9.13 Å². The van der Waals surface area contributed by atoms with E-state index in [0.29, 0.717) is 0 Å². The maximum absolute atomic E-state index is 13.5. The highest BCUT2D eigenvalue weighted by atomic mass is 19.1. The molecule has 1 aromatic carbocycles. The van der Waals surface area contributed by atoms with Crippen molar-refractivity contribution in [2.24, 2.45) is 0 Å². The molecule has 0 bridgehead atoms. The lowest BCUT2D eigenvalue weighted by Crippen LogP contribution is -1.95. The molecule has 4 nitrogen and oxygen atoms in total. The van der Waals surface area contributed by atoms with Crippen LogP contribution in [0.3, 0.4) is 0 Å². The molecule has 0 unspecified atom stereocenters. The number of halogens is 1. The van der Waals surface area contributed by atoms with Gasteiger partial charge in [0.1, 0.15) is 0 Å². The number of aryl methyl sites for hydroxylation is 1. The Balaban J connectivity index is 2.28. The van der Waals surface area contributed by atoms with E-state index in [1.165, 1.54) is 18.3 Å². The van der Waals surface area contributed by atoms with Gasteiger partial charge in [0.25, 0.3) is 0 Å². The maximum Gasteiger partial charge on any atom is 0.322 e. The summed E-state index contributed by atoms with van der Waals surface area (Å²) in [6.07, 6.45) is 1.53. The number of rotatable bonds is 2. The van der Waals surface area contributed by atoms with E-state index >= 15 is 0 Å². The first-order chi connectivity index (χ1) is 8.19. The van der Waals surface area contributed by atoms with Gasteiger partial charge in [-0.15, -0.1) is 0 Å². The highest BCUT2D eigenvalue weighted by Gasteiger charge is 2.07. The number of hydrogen-bond acceptors (Lipinski definition) is 4. The molecule has 0 N–H and O–H groups in total. The minimum atomic E-state index is -0.617. The first-order valence-electron chi connectivity index (χ1n) is 4.86. The normalized spacial score (nSPS) is 9.71. The van der Waals surface area contributed by atoms with Gasteiger partial charge in [-0.05, 0) is 31.2 Å². The predicted molar refractivity (Wildman–Crippen MR) is 58.0 cm³/mol. The number of aromatic nitrogens is 2. The summed E-state index contributed by atoms with van der Waals surface area (Å²) < 4.78 is 18.7. The Labute approximate surface area is 97.3 Å². The Hall–Kier alpha value is -2.48. The van der Waals surface area contributed by atoms with Crippen LogP contribution < -0.4 is 4.74 Å². The van der Waals surface area contributed by atoms with Crippen LogP contribution in [0.4, 0.5) is 4.39 Å². The standard InChI is InChI=1S/C12H8FN3O/c1-8-4-5-15-12(16-8)17-11-3-2-9(7-14)6-10(11)13/h2-6H,1H3. The van der Waals surface area contributed by atoms with Gasteiger partial charge in [-0.1, -0.05) is 0 Å². The fourth-order valence-electron chi connectivity index (χ4n) is 1.23. The van der Waals surface area contributed by atoms with E-state index in [1.54, 1.807) is 13.0 Å². The molecule has 5 heteroatoms. The smallest absolute Gasteiger partial charge is 0.322 e. The van der Waals surface area contributed by atoms with Crippen LogP contribution in [0.15, 0.2) is 30.5 Å². The van der Waals surface area contributed by atoms with Gasteiger partial charge in [-0.2, -0.15) is 5.26 Å². The van der Waals surface area contributed by atoms with Gasteiger partial charge in [-0.3, -0.25) is 0 Å². The number of ether oxygens (including phenoxy) is 1. The molecule has 84 valence electrons. The lowest BCUT2D eigenvalue weighted by atomic mass is 10.2. The molecule has 0 radical (unpaired) electrons. The molecule has 2 aromatic rings. The van der Waals surface area contributed by atoms with Crippen molar-refractivity contribution in [3.05, 3.63) is 47.5 Å². The largest absolute Gasteiger partial charge is 0.421 e. The van der Waals surface area contributed by atoms with Crippen LogP contribution >= 0.6 is 0 Å². The van der Waals surface area contributed by atoms with Crippen molar-refractivity contribution in [1.82, 2.24) is 9.97 Å². The molecule has 1 aromatic heterocycles. The number of hydrogen-bond donors (Lipinski definition) is 0. The summed E-state index contributed by atoms with van der Waals surface area (Å²) in [6, 6.07) is 7.57. The van der Waals surface area contributed by atoms with Crippen molar-refractivity contribution in [2.45, 2.75) is 6.92 Å². The van der Waals surface area contributed by atoms with E-state index in [1.807, 2.05) is 6.07 Å². The molecule has 0 aliphatic rings. The molecular weight excluding hydrogens is 221 g/mol. The third kappa shape index (κ3) is 2.55. The number of nitrogens with zero attached hydrogens (tertiary/aromatic N) is 3. The maximum atomic E-state index is 13.5. The Morgan fingerprint density at radius 2 is 2.18 bits per heavy atom. The van der Waals surface area contributed by atoms with Crippen LogP contribution in [-0.4, -0.2) is 9.97 Å². The summed E-state index contributed by atoms with van der Waals surface area (Å²) >= 11 is 0. The van der Waals surface area contributed by atoms with Gasteiger partial charge in [-0.25, -0.2) is 14.4 Å². The van der Waals surface area contributed by atoms with Crippen LogP contribution in [0.2, 0.25) is 0 Å². The van der Waals surface area contributed by atoms with Crippen molar-refractivity contribution in [3.63, 3.8) is 0 Å². The fraction of sp³-hybridized carbons (Fsp3) is 0.0833. The molecule has 0 aliphatic carbocycles. The van der Waals surface area contributed by atoms with Gasteiger partial charge in [0.05, 0.1) is 11.6 Å². The lowest BCUT2D eigenvalue weighted by Gasteiger charge is -2.04. The highest BCUT2D eigenvalue weighted by Crippen LogP contribution is 2.22. The van der Waals surface area contributed by atoms with Crippen LogP contribution in [0.25, 0.3) is 0 Å². The van der Waals surface area contributed by atoms with Crippen molar-refractivity contribution in [2.75, 3.05) is 0 Å². The lowest BCUT2D eigenvalue weighted by molar-refractivity contribution is 0.410. The molecule has 0 aliphatic heterocycles. The number of benzene rings is 1. The van der Waals surface area contributed by atoms with E-state index in [-0.39, 0.29) is 17.3 Å². The molecule has 0 spiro atoms. The van der Waals surface area contributed by atoms with E-state index in [4.69, 9.17) is 10.00 Å². The fourth-order valence-corrected chi connectivity index (χ4v) is 1.23. The molecule has 0 atom stereocenters. The minimum Gasteiger partial charge on any atom is -0.421 e. The summed E-state index contributed by atoms with van der Waals surface area (Å²) in [7, 11) is 0. The Bertz CT molecular complexity index is 593. The SMILES string of the molecule is Cc1ccnc(Oc2ccc(C#N)cc2F)n1. The van der Waals surface area contributed by atoms with Crippen LogP contribution in [0.5, 0.6) is 11.8 Å². The summed E-state index contributed by atoms with van der Waals surface area (Å²) in [5, 5.41) is 8.60. The summed E-state index contributed by atoms with van der Waals surface area (Å²) in [6.45, 7) is 1.78. The van der Waals surface area contributed by atoms with E-state index in [0.717, 1.165) is 11.8 Å². The molecule has 0 amide bonds. The zero-order valence-electron chi connectivity index (χ0n) is 9.01. The average Bonchev–Trinajstić information content (AvgIpc) is 2.32. The van der Waals surface area contributed by atoms with Gasteiger partial charge < -0.3 is 4.74 Å². The molecule has 0 fully saturated rings. The summed E-state index contributed by atoms with van der Waals surface area (Å²) in [5.41, 5.74) is 0.962. The highest BCUT2D eigenvalue weighted by molar-refractivity contribution is 5.37. The van der Waals surface area contributed by atoms with Gasteiger partial charge >= 0.3 is 6.01 Å². The summed E-state index contributed by atoms with van der Waals surface area (Å²) in [4.78, 5) is 7.84. The molecular formula is C12H8FN3O. The second-order valence-corrected chi connectivity index (χ2v) is 3.34. The van der Waals surface area contributed by atoms with Crippen LogP contribution in [-0.2, 0) is 0 Å². The molecule has 2 rings (SSSR count). The molecule has 0 saturated carbocycles. The third-order valence-electron chi connectivity index (χ3n) is 2.03. The molecule has 1 heterocycles. The first-order valence-corrected chi connectivity index (χ1v) is 4.86. The third-order valence-corrected chi connectivity index (χ3v) is 2.03. The van der Waals surface area contributed by atoms with E-state index < -0.39 is 5.82 Å². The predicted octanol–water partition coefficient (Wildman–Crippen LogP) is 2.59. The zero-order valence-corrected chi connectivity index (χ0v) is 9.01. The first kappa shape index (κ1) is 11.0. The van der Waals surface area contributed by atoms with Crippen molar-refractivity contribution >= 4 is 0 Å². The molecule has 17 heavy (non-hydrogen) atoms. The van der Waals surface area contributed by atoms with Crippen molar-refractivity contribution in [1.29, 1.82) is 5.26 Å². The quantitative estimate of drug-likeness (QED) is 0.794. The monoisotopic (exact) mass is 229 g/mol. The van der Waals surface area contributed by atoms with Crippen molar-refractivity contribution in [3.8, 4) is 17.8 Å². The second kappa shape index (κ2) is 4.58. The number of nitriles is 1. The van der Waals surface area contributed by atoms with E-state index in [2.05, 4.69) is 9.97 Å². The topological polar surface area (TPSA) is 58.8 Å². The Kier molecular flexibility index (Phi) is 2.97. The minimum absolute atomic E-state index is 0.00500. The van der Waals surface area contributed by atoms with E-state index in [9.17, 15) is 4.39 Å². The Morgan fingerprint density at radius 3 is 2.82 bits per heavy atom. The average molecular weight is 229 g/mol. The Morgan fingerprint density at radius 1 is 1.35 bits per heavy atom.